The van der Waals surface area contributed by atoms with E-state index in [9.17, 15) is 4.79 Å². The van der Waals surface area contributed by atoms with E-state index < -0.39 is 5.41 Å². The van der Waals surface area contributed by atoms with Crippen LogP contribution in [0.3, 0.4) is 0 Å². The zero-order valence-corrected chi connectivity index (χ0v) is 17.3. The summed E-state index contributed by atoms with van der Waals surface area (Å²) >= 11 is 0. The first-order valence-corrected chi connectivity index (χ1v) is 8.78. The molecule has 1 aliphatic carbocycles. The van der Waals surface area contributed by atoms with Crippen molar-refractivity contribution < 1.29 is 4.79 Å². The van der Waals surface area contributed by atoms with E-state index in [-0.39, 0.29) is 29.9 Å². The number of primary amides is 1. The van der Waals surface area contributed by atoms with Gasteiger partial charge in [-0.1, -0.05) is 32.1 Å². The summed E-state index contributed by atoms with van der Waals surface area (Å²) in [6, 6.07) is 0. The summed E-state index contributed by atoms with van der Waals surface area (Å²) in [5.41, 5.74) is 4.78. The number of carbonyl (C=O) groups is 1. The summed E-state index contributed by atoms with van der Waals surface area (Å²) in [5.74, 6) is 1.38. The molecule has 0 aromatic heterocycles. The van der Waals surface area contributed by atoms with Gasteiger partial charge in [0.05, 0.1) is 12.0 Å². The first-order chi connectivity index (χ1) is 10.5. The maximum Gasteiger partial charge on any atom is 0.224 e. The van der Waals surface area contributed by atoms with Crippen LogP contribution in [0.25, 0.3) is 0 Å². The molecule has 1 amide bonds. The van der Waals surface area contributed by atoms with E-state index >= 15 is 0 Å². The number of hydrogen-bond donors (Lipinski definition) is 3. The second-order valence-electron chi connectivity index (χ2n) is 7.02. The van der Waals surface area contributed by atoms with E-state index in [4.69, 9.17) is 5.73 Å². The number of halogens is 1. The lowest BCUT2D eigenvalue weighted by atomic mass is 9.86. The zero-order chi connectivity index (χ0) is 16.4. The van der Waals surface area contributed by atoms with Crippen LogP contribution >= 0.6 is 24.0 Å². The lowest BCUT2D eigenvalue weighted by Crippen LogP contribution is -2.40. The van der Waals surface area contributed by atoms with Crippen LogP contribution < -0.4 is 16.4 Å². The van der Waals surface area contributed by atoms with Gasteiger partial charge in [-0.3, -0.25) is 9.79 Å². The van der Waals surface area contributed by atoms with E-state index in [1.807, 2.05) is 20.8 Å². The van der Waals surface area contributed by atoms with Crippen molar-refractivity contribution in [3.8, 4) is 0 Å². The number of carbonyl (C=O) groups excluding carboxylic acids is 1. The predicted octanol–water partition coefficient (Wildman–Crippen LogP) is 3.03. The molecule has 0 heterocycles. The molecule has 4 N–H and O–H groups in total. The molecule has 5 nitrogen and oxygen atoms in total. The minimum Gasteiger partial charge on any atom is -0.369 e. The van der Waals surface area contributed by atoms with Crippen molar-refractivity contribution in [2.75, 3.05) is 19.6 Å². The first kappa shape index (κ1) is 22.5. The topological polar surface area (TPSA) is 79.5 Å². The highest BCUT2D eigenvalue weighted by Gasteiger charge is 2.24. The summed E-state index contributed by atoms with van der Waals surface area (Å²) in [7, 11) is 0. The highest BCUT2D eigenvalue weighted by Crippen LogP contribution is 2.26. The summed E-state index contributed by atoms with van der Waals surface area (Å²) in [6.07, 6.45) is 9.52. The Labute approximate surface area is 158 Å². The fourth-order valence-corrected chi connectivity index (χ4v) is 2.77. The van der Waals surface area contributed by atoms with Crippen LogP contribution in [0.2, 0.25) is 0 Å². The highest BCUT2D eigenvalue weighted by molar-refractivity contribution is 14.0. The third-order valence-electron chi connectivity index (χ3n) is 4.45. The molecule has 136 valence electrons. The third-order valence-corrected chi connectivity index (χ3v) is 4.45. The Morgan fingerprint density at radius 2 is 1.87 bits per heavy atom. The average molecular weight is 438 g/mol. The van der Waals surface area contributed by atoms with Gasteiger partial charge in [0.2, 0.25) is 5.91 Å². The van der Waals surface area contributed by atoms with Gasteiger partial charge < -0.3 is 16.4 Å². The number of guanidine groups is 1. The molecule has 0 radical (unpaired) electrons. The van der Waals surface area contributed by atoms with Gasteiger partial charge in [-0.15, -0.1) is 24.0 Å². The van der Waals surface area contributed by atoms with Crippen molar-refractivity contribution >= 4 is 35.8 Å². The van der Waals surface area contributed by atoms with E-state index in [1.54, 1.807) is 0 Å². The maximum absolute atomic E-state index is 11.3. The lowest BCUT2D eigenvalue weighted by molar-refractivity contribution is -0.125. The maximum atomic E-state index is 11.3. The number of hydrogen-bond acceptors (Lipinski definition) is 2. The Balaban J connectivity index is 0.00000484. The Hall–Kier alpha value is -0.530. The van der Waals surface area contributed by atoms with Crippen LogP contribution in [0.15, 0.2) is 4.99 Å². The molecule has 1 rings (SSSR count). The van der Waals surface area contributed by atoms with E-state index in [0.717, 1.165) is 25.0 Å². The molecular formula is C17H35IN4O. The fraction of sp³-hybridized carbons (Fsp3) is 0.882. The van der Waals surface area contributed by atoms with E-state index in [0.29, 0.717) is 6.54 Å². The van der Waals surface area contributed by atoms with Gasteiger partial charge in [0.1, 0.15) is 0 Å². The molecule has 1 fully saturated rings. The number of aliphatic imine (C=N–C) groups is 1. The molecule has 0 unspecified atom stereocenters. The number of amides is 1. The summed E-state index contributed by atoms with van der Waals surface area (Å²) in [6.45, 7) is 7.83. The minimum absolute atomic E-state index is 0. The second-order valence-corrected chi connectivity index (χ2v) is 7.02. The van der Waals surface area contributed by atoms with Crippen molar-refractivity contribution in [3.63, 3.8) is 0 Å². The van der Waals surface area contributed by atoms with Gasteiger partial charge in [0, 0.05) is 13.1 Å². The molecule has 0 spiro atoms. The largest absolute Gasteiger partial charge is 0.369 e. The van der Waals surface area contributed by atoms with Gasteiger partial charge in [-0.2, -0.15) is 0 Å². The minimum atomic E-state index is -0.607. The quantitative estimate of drug-likeness (QED) is 0.236. The molecule has 0 aromatic rings. The van der Waals surface area contributed by atoms with Crippen LogP contribution in [-0.2, 0) is 4.79 Å². The average Bonchev–Trinajstić information content (AvgIpc) is 2.50. The number of nitrogens with two attached hydrogens (primary N) is 1. The van der Waals surface area contributed by atoms with Crippen LogP contribution in [-0.4, -0.2) is 31.5 Å². The lowest BCUT2D eigenvalue weighted by Gasteiger charge is -2.22. The molecule has 0 aliphatic heterocycles. The van der Waals surface area contributed by atoms with Gasteiger partial charge in [0.15, 0.2) is 5.96 Å². The van der Waals surface area contributed by atoms with Gasteiger partial charge in [-0.25, -0.2) is 0 Å². The summed E-state index contributed by atoms with van der Waals surface area (Å²) < 4.78 is 0. The summed E-state index contributed by atoms with van der Waals surface area (Å²) in [4.78, 5) is 15.8. The molecule has 1 saturated carbocycles. The standard InChI is InChI=1S/C17H34N4O.HI/c1-4-19-16(21-13-17(2,3)15(18)22)20-12-8-11-14-9-6-5-7-10-14;/h14H,4-13H2,1-3H3,(H2,18,22)(H2,19,20,21);1H. The monoisotopic (exact) mass is 438 g/mol. The number of rotatable bonds is 8. The zero-order valence-electron chi connectivity index (χ0n) is 15.0. The Kier molecular flexibility index (Phi) is 11.6. The van der Waals surface area contributed by atoms with Gasteiger partial charge in [-0.05, 0) is 39.5 Å². The van der Waals surface area contributed by atoms with E-state index in [1.165, 1.54) is 44.9 Å². The molecule has 0 atom stereocenters. The van der Waals surface area contributed by atoms with Gasteiger partial charge >= 0.3 is 0 Å². The number of nitrogens with zero attached hydrogens (tertiary/aromatic N) is 1. The normalized spacial score (nSPS) is 16.6. The van der Waals surface area contributed by atoms with Crippen molar-refractivity contribution in [2.45, 2.75) is 65.7 Å². The van der Waals surface area contributed by atoms with E-state index in [2.05, 4.69) is 15.6 Å². The molecular weight excluding hydrogens is 403 g/mol. The van der Waals surface area contributed by atoms with Gasteiger partial charge in [0.25, 0.3) is 0 Å². The summed E-state index contributed by atoms with van der Waals surface area (Å²) in [5, 5.41) is 6.58. The molecule has 1 aliphatic rings. The SMILES string of the molecule is CCNC(=NCC(C)(C)C(N)=O)NCCCC1CCCCC1.I. The molecule has 23 heavy (non-hydrogen) atoms. The van der Waals surface area contributed by atoms with Crippen molar-refractivity contribution in [3.05, 3.63) is 0 Å². The predicted molar refractivity (Wildman–Crippen MR) is 108 cm³/mol. The van der Waals surface area contributed by atoms with Crippen LogP contribution in [0.1, 0.15) is 65.7 Å². The van der Waals surface area contributed by atoms with Crippen LogP contribution in [0, 0.1) is 11.3 Å². The first-order valence-electron chi connectivity index (χ1n) is 8.78. The molecule has 0 bridgehead atoms. The smallest absolute Gasteiger partial charge is 0.224 e. The molecule has 6 heteroatoms. The highest BCUT2D eigenvalue weighted by atomic mass is 127. The fourth-order valence-electron chi connectivity index (χ4n) is 2.77. The Morgan fingerprint density at radius 3 is 2.43 bits per heavy atom. The van der Waals surface area contributed by atoms with Crippen molar-refractivity contribution in [2.24, 2.45) is 22.1 Å². The van der Waals surface area contributed by atoms with Crippen molar-refractivity contribution in [1.29, 1.82) is 0 Å². The molecule has 0 aromatic carbocycles. The van der Waals surface area contributed by atoms with Crippen LogP contribution in [0.4, 0.5) is 0 Å². The number of nitrogens with one attached hydrogen (secondary N) is 2. The second kappa shape index (κ2) is 11.9. The van der Waals surface area contributed by atoms with Crippen molar-refractivity contribution in [1.82, 2.24) is 10.6 Å². The third kappa shape index (κ3) is 9.37. The molecule has 0 saturated heterocycles. The van der Waals surface area contributed by atoms with Crippen LogP contribution in [0.5, 0.6) is 0 Å². The Bertz CT molecular complexity index is 366. The Morgan fingerprint density at radius 1 is 1.22 bits per heavy atom.